The molecule has 0 saturated carbocycles. The number of terminal acetylenes is 1. The fourth-order valence-electron chi connectivity index (χ4n) is 9.87. The third-order valence-corrected chi connectivity index (χ3v) is 14.6. The van der Waals surface area contributed by atoms with Gasteiger partial charge in [0, 0.05) is 6.54 Å². The van der Waals surface area contributed by atoms with Crippen molar-refractivity contribution in [1.29, 1.82) is 0 Å². The zero-order valence-electron chi connectivity index (χ0n) is 42.8. The van der Waals surface area contributed by atoms with Crippen LogP contribution in [0.25, 0.3) is 0 Å². The number of aliphatic hydroxyl groups excluding tert-OH is 23. The summed E-state index contributed by atoms with van der Waals surface area (Å²) in [4.78, 5) is 0. The molecule has 0 bridgehead atoms. The lowest BCUT2D eigenvalue weighted by Gasteiger charge is -2.50. The maximum Gasteiger partial charge on any atom is 0.187 e. The second-order valence-electron chi connectivity index (χ2n) is 20.0. The van der Waals surface area contributed by atoms with Gasteiger partial charge >= 0.3 is 0 Å². The number of nitrogens with one attached hydrogen (secondary N) is 1. The monoisotopic (exact) mass is 1190 g/mol. The maximum absolute atomic E-state index is 11.7. The standard InChI is InChI=1S/C45H77NO35/c1-2-3-46-4-12(54)34(20(56)13(55)5-47)76-41-29(65)36(23(59)15(7-49)71-41)78-43-31(67)38(25(61)17(9-51)73-43)80-45-33(69)39(26(62)19(11-53)75-45)81-44-32(68)37(24(60)18(10-52)74-44)79-42-30(66)35(22(58)16(8-50)72-42)77-40-28(64)27(63)21(57)14(6-48)70-40/h1,12-69H,3-11H2/t12-,13+,14+,15+,16+,17+,18+,19+,20+,21+,22+,23+,24+,25+,26+,27-,28+,29+,30+,31+,32+,33+,34+,35-,36-,37-,38-,39-,40-,41-,42-,43-,44-,45-/m0/s1. The largest absolute Gasteiger partial charge is 0.394 e. The number of ether oxygens (including phenoxy) is 12. The van der Waals surface area contributed by atoms with E-state index in [9.17, 15) is 117 Å². The summed E-state index contributed by atoms with van der Waals surface area (Å²) in [5, 5.41) is 250. The van der Waals surface area contributed by atoms with E-state index in [1.165, 1.54) is 0 Å². The van der Waals surface area contributed by atoms with E-state index in [2.05, 4.69) is 11.2 Å². The molecule has 0 unspecified atom stereocenters. The van der Waals surface area contributed by atoms with Crippen molar-refractivity contribution in [2.24, 2.45) is 0 Å². The smallest absolute Gasteiger partial charge is 0.187 e. The van der Waals surface area contributed by atoms with Crippen molar-refractivity contribution in [3.8, 4) is 12.3 Å². The lowest BCUT2D eigenvalue weighted by molar-refractivity contribution is -0.399. The van der Waals surface area contributed by atoms with Gasteiger partial charge < -0.3 is 180 Å². The van der Waals surface area contributed by atoms with E-state index in [-0.39, 0.29) is 6.54 Å². The lowest BCUT2D eigenvalue weighted by Crippen LogP contribution is -2.68. The Morgan fingerprint density at radius 1 is 0.358 bits per heavy atom. The molecule has 34 atom stereocenters. The van der Waals surface area contributed by atoms with E-state index >= 15 is 0 Å². The average Bonchev–Trinajstić information content (AvgIpc) is 3.52. The van der Waals surface area contributed by atoms with Gasteiger partial charge in [0.2, 0.25) is 0 Å². The van der Waals surface area contributed by atoms with Gasteiger partial charge in [-0.1, -0.05) is 5.92 Å². The summed E-state index contributed by atoms with van der Waals surface area (Å²) in [6.45, 7) is -7.74. The summed E-state index contributed by atoms with van der Waals surface area (Å²) in [5.74, 6) is 2.23. The summed E-state index contributed by atoms with van der Waals surface area (Å²) >= 11 is 0. The Kier molecular flexibility index (Phi) is 25.8. The van der Waals surface area contributed by atoms with Gasteiger partial charge in [-0.05, 0) is 0 Å². The molecule has 0 aromatic carbocycles. The summed E-state index contributed by atoms with van der Waals surface area (Å²) < 4.78 is 67.3. The fourth-order valence-corrected chi connectivity index (χ4v) is 9.87. The van der Waals surface area contributed by atoms with E-state index in [0.717, 1.165) is 0 Å². The molecule has 0 aromatic heterocycles. The maximum atomic E-state index is 11.7. The third-order valence-electron chi connectivity index (χ3n) is 14.6. The van der Waals surface area contributed by atoms with Crippen molar-refractivity contribution in [3.63, 3.8) is 0 Å². The van der Waals surface area contributed by atoms with Gasteiger partial charge in [0.1, 0.15) is 165 Å². The summed E-state index contributed by atoms with van der Waals surface area (Å²) in [5.41, 5.74) is 0. The normalized spacial score (nSPS) is 47.7. The molecular weight excluding hydrogens is 1110 g/mol. The molecule has 0 radical (unpaired) electrons. The quantitative estimate of drug-likeness (QED) is 0.0298. The molecule has 6 fully saturated rings. The lowest BCUT2D eigenvalue weighted by atomic mass is 9.95. The predicted molar refractivity (Wildman–Crippen MR) is 249 cm³/mol. The molecule has 0 amide bonds. The highest BCUT2D eigenvalue weighted by Gasteiger charge is 2.58. The highest BCUT2D eigenvalue weighted by molar-refractivity contribution is 5.01. The Labute approximate surface area is 459 Å². The van der Waals surface area contributed by atoms with Crippen LogP contribution < -0.4 is 5.32 Å². The second-order valence-corrected chi connectivity index (χ2v) is 20.0. The predicted octanol–water partition coefficient (Wildman–Crippen LogP) is -16.4. The SMILES string of the molecule is C#CCNC[C@H](O)[C@@H](O[C@@H]1O[C@H](CO)[C@@H](O)[C@H](O[C@@H]2O[C@H](CO)[C@@H](O)[C@H](O[C@@H]3O[C@H](CO)[C@@H](O)[C@H](O[C@@H]4O[C@H](CO)[C@@H](O)[C@H](O[C@@H]5O[C@H](CO)[C@@H](O)[C@H](O[C@@H]6O[C@H](CO)[C@@H](O)[C@H](O)[C@H]6O)[C@H]5O)[C@H]4O)[C@H]3O)[C@H]2O)[C@H]1O)[C@H](O)[C@H](O)CO. The van der Waals surface area contributed by atoms with Crippen LogP contribution in [-0.4, -0.2) is 385 Å². The van der Waals surface area contributed by atoms with Crippen LogP contribution in [0.3, 0.4) is 0 Å². The highest BCUT2D eigenvalue weighted by Crippen LogP contribution is 2.37. The van der Waals surface area contributed by atoms with Crippen LogP contribution in [0.1, 0.15) is 0 Å². The van der Waals surface area contributed by atoms with Crippen molar-refractivity contribution < 1.29 is 174 Å². The molecular formula is C45H77NO35. The molecule has 0 aromatic rings. The first-order valence-corrected chi connectivity index (χ1v) is 25.6. The Morgan fingerprint density at radius 3 is 0.914 bits per heavy atom. The van der Waals surface area contributed by atoms with E-state index in [0.29, 0.717) is 0 Å². The van der Waals surface area contributed by atoms with Crippen LogP contribution in [-0.2, 0) is 56.8 Å². The molecule has 0 aliphatic carbocycles. The molecule has 6 heterocycles. The molecule has 81 heavy (non-hydrogen) atoms. The Hall–Kier alpha value is -1.88. The molecule has 36 heteroatoms. The molecule has 36 nitrogen and oxygen atoms in total. The minimum Gasteiger partial charge on any atom is -0.394 e. The molecule has 6 rings (SSSR count). The number of hydrogen-bond donors (Lipinski definition) is 24. The van der Waals surface area contributed by atoms with E-state index in [1.807, 2.05) is 0 Å². The Balaban J connectivity index is 1.19. The van der Waals surface area contributed by atoms with Gasteiger partial charge in [0.25, 0.3) is 0 Å². The average molecular weight is 1190 g/mol. The van der Waals surface area contributed by atoms with Crippen LogP contribution in [0.15, 0.2) is 0 Å². The first-order valence-electron chi connectivity index (χ1n) is 25.6. The van der Waals surface area contributed by atoms with Crippen LogP contribution in [0.2, 0.25) is 0 Å². The van der Waals surface area contributed by atoms with Gasteiger partial charge in [0.05, 0.1) is 58.9 Å². The van der Waals surface area contributed by atoms with Crippen molar-refractivity contribution in [2.45, 2.75) is 209 Å². The first-order chi connectivity index (χ1) is 38.5. The van der Waals surface area contributed by atoms with Gasteiger partial charge in [-0.15, -0.1) is 6.42 Å². The minimum atomic E-state index is -2.34. The third kappa shape index (κ3) is 15.1. The van der Waals surface area contributed by atoms with Gasteiger partial charge in [0.15, 0.2) is 37.7 Å². The van der Waals surface area contributed by atoms with Gasteiger partial charge in [-0.3, -0.25) is 0 Å². The van der Waals surface area contributed by atoms with Crippen molar-refractivity contribution in [2.75, 3.05) is 59.3 Å². The van der Waals surface area contributed by atoms with Crippen LogP contribution in [0.5, 0.6) is 0 Å². The van der Waals surface area contributed by atoms with Gasteiger partial charge in [-0.25, -0.2) is 0 Å². The fraction of sp³-hybridized carbons (Fsp3) is 0.956. The summed E-state index contributed by atoms with van der Waals surface area (Å²) in [7, 11) is 0. The van der Waals surface area contributed by atoms with Gasteiger partial charge in [-0.2, -0.15) is 0 Å². The first kappa shape index (κ1) is 68.2. The zero-order chi connectivity index (χ0) is 59.9. The molecule has 6 saturated heterocycles. The number of rotatable bonds is 25. The van der Waals surface area contributed by atoms with Crippen LogP contribution >= 0.6 is 0 Å². The summed E-state index contributed by atoms with van der Waals surface area (Å²) in [6.07, 6.45) is -63.6. The number of hydrogen-bond acceptors (Lipinski definition) is 36. The molecule has 24 N–H and O–H groups in total. The van der Waals surface area contributed by atoms with Crippen LogP contribution in [0, 0.1) is 12.3 Å². The molecule has 6 aliphatic rings. The second kappa shape index (κ2) is 30.7. The summed E-state index contributed by atoms with van der Waals surface area (Å²) in [6, 6.07) is 0. The van der Waals surface area contributed by atoms with Crippen molar-refractivity contribution >= 4 is 0 Å². The molecule has 6 aliphatic heterocycles. The van der Waals surface area contributed by atoms with Crippen LogP contribution in [0.4, 0.5) is 0 Å². The van der Waals surface area contributed by atoms with E-state index < -0.39 is 261 Å². The van der Waals surface area contributed by atoms with E-state index in [1.54, 1.807) is 0 Å². The van der Waals surface area contributed by atoms with Crippen molar-refractivity contribution in [3.05, 3.63) is 0 Å². The number of aliphatic hydroxyl groups is 23. The highest BCUT2D eigenvalue weighted by atomic mass is 16.8. The minimum absolute atomic E-state index is 0.0923. The zero-order valence-corrected chi connectivity index (χ0v) is 42.8. The van der Waals surface area contributed by atoms with Crippen molar-refractivity contribution in [1.82, 2.24) is 5.32 Å². The topological polar surface area (TPSA) is 588 Å². The Bertz CT molecular complexity index is 1900. The van der Waals surface area contributed by atoms with E-state index in [4.69, 9.17) is 63.3 Å². The Morgan fingerprint density at radius 2 is 0.630 bits per heavy atom. The molecule has 472 valence electrons. The molecule has 0 spiro atoms.